The maximum Gasteiger partial charge on any atom is 0.234 e. The molecule has 0 fully saturated rings. The molecule has 0 atom stereocenters. The van der Waals surface area contributed by atoms with Gasteiger partial charge < -0.3 is 15.4 Å². The number of carbonyl (C=O) groups is 1. The fourth-order valence-corrected chi connectivity index (χ4v) is 2.42. The predicted octanol–water partition coefficient (Wildman–Crippen LogP) is 2.45. The van der Waals surface area contributed by atoms with Crippen LogP contribution in [0.5, 0.6) is 5.75 Å². The Morgan fingerprint density at radius 2 is 1.96 bits per heavy atom. The van der Waals surface area contributed by atoms with Gasteiger partial charge in [-0.25, -0.2) is 0 Å². The topological polar surface area (TPSA) is 50.4 Å². The third-order valence-electron chi connectivity index (χ3n) is 3.62. The van der Waals surface area contributed by atoms with E-state index in [2.05, 4.69) is 16.7 Å². The van der Waals surface area contributed by atoms with Crippen LogP contribution < -0.4 is 15.4 Å². The Morgan fingerprint density at radius 1 is 1.13 bits per heavy atom. The highest BCUT2D eigenvalue weighted by molar-refractivity contribution is 5.77. The van der Waals surface area contributed by atoms with Crippen LogP contribution in [0.15, 0.2) is 48.5 Å². The number of aryl methyl sites for hydroxylation is 1. The summed E-state index contributed by atoms with van der Waals surface area (Å²) in [5.74, 6) is 0.893. The van der Waals surface area contributed by atoms with Crippen LogP contribution in [0.25, 0.3) is 0 Å². The first kappa shape index (κ1) is 17.0. The summed E-state index contributed by atoms with van der Waals surface area (Å²) in [5, 5.41) is 6.09. The summed E-state index contributed by atoms with van der Waals surface area (Å²) >= 11 is 0. The first-order valence-electron chi connectivity index (χ1n) is 7.84. The summed E-state index contributed by atoms with van der Waals surface area (Å²) in [7, 11) is 1.67. The van der Waals surface area contributed by atoms with Crippen LogP contribution in [-0.2, 0) is 17.8 Å². The molecule has 4 nitrogen and oxygen atoms in total. The molecular weight excluding hydrogens is 288 g/mol. The smallest absolute Gasteiger partial charge is 0.234 e. The largest absolute Gasteiger partial charge is 0.496 e. The standard InChI is InChI=1S/C19H24N2O2/c1-15-6-5-7-16(12-15)13-21-19(22)14-20-11-10-17-8-3-4-9-18(17)23-2/h3-9,12,20H,10-11,13-14H2,1-2H3,(H,21,22). The number of carbonyl (C=O) groups excluding carboxylic acids is 1. The van der Waals surface area contributed by atoms with Crippen LogP contribution in [-0.4, -0.2) is 26.1 Å². The van der Waals surface area contributed by atoms with E-state index in [0.29, 0.717) is 13.1 Å². The molecule has 0 saturated carbocycles. The number of nitrogens with one attached hydrogen (secondary N) is 2. The SMILES string of the molecule is COc1ccccc1CCNCC(=O)NCc1cccc(C)c1. The summed E-state index contributed by atoms with van der Waals surface area (Å²) in [6.45, 7) is 3.67. The van der Waals surface area contributed by atoms with E-state index in [1.165, 1.54) is 5.56 Å². The summed E-state index contributed by atoms with van der Waals surface area (Å²) in [6.07, 6.45) is 0.829. The Hall–Kier alpha value is -2.33. The summed E-state index contributed by atoms with van der Waals surface area (Å²) in [6, 6.07) is 16.1. The van der Waals surface area contributed by atoms with Gasteiger partial charge in [0.05, 0.1) is 13.7 Å². The fourth-order valence-electron chi connectivity index (χ4n) is 2.42. The molecule has 0 saturated heterocycles. The van der Waals surface area contributed by atoms with Crippen molar-refractivity contribution in [2.45, 2.75) is 19.9 Å². The maximum absolute atomic E-state index is 11.8. The Kier molecular flexibility index (Phi) is 6.63. The van der Waals surface area contributed by atoms with Crippen LogP contribution in [0.2, 0.25) is 0 Å². The van der Waals surface area contributed by atoms with E-state index < -0.39 is 0 Å². The van der Waals surface area contributed by atoms with E-state index in [9.17, 15) is 4.79 Å². The molecule has 0 aliphatic rings. The lowest BCUT2D eigenvalue weighted by molar-refractivity contribution is -0.120. The van der Waals surface area contributed by atoms with Crippen molar-refractivity contribution in [2.24, 2.45) is 0 Å². The number of hydrogen-bond acceptors (Lipinski definition) is 3. The van der Waals surface area contributed by atoms with Gasteiger partial charge in [0.2, 0.25) is 5.91 Å². The summed E-state index contributed by atoms with van der Waals surface area (Å²) in [5.41, 5.74) is 3.46. The third kappa shape index (κ3) is 5.75. The molecule has 0 aromatic heterocycles. The number of para-hydroxylation sites is 1. The molecule has 0 heterocycles. The Morgan fingerprint density at radius 3 is 2.74 bits per heavy atom. The normalized spacial score (nSPS) is 10.3. The van der Waals surface area contributed by atoms with Gasteiger partial charge in [-0.15, -0.1) is 0 Å². The van der Waals surface area contributed by atoms with Gasteiger partial charge in [0.1, 0.15) is 5.75 Å². The monoisotopic (exact) mass is 312 g/mol. The Bertz CT molecular complexity index is 641. The zero-order valence-electron chi connectivity index (χ0n) is 13.8. The molecule has 0 spiro atoms. The van der Waals surface area contributed by atoms with Gasteiger partial charge in [-0.05, 0) is 37.1 Å². The molecule has 0 aliphatic heterocycles. The second-order valence-electron chi connectivity index (χ2n) is 5.50. The number of hydrogen-bond donors (Lipinski definition) is 2. The van der Waals surface area contributed by atoms with Crippen molar-refractivity contribution >= 4 is 5.91 Å². The van der Waals surface area contributed by atoms with Crippen molar-refractivity contribution in [3.8, 4) is 5.75 Å². The molecule has 2 N–H and O–H groups in total. The van der Waals surface area contributed by atoms with Crippen LogP contribution in [0.1, 0.15) is 16.7 Å². The molecule has 23 heavy (non-hydrogen) atoms. The van der Waals surface area contributed by atoms with Gasteiger partial charge in [-0.2, -0.15) is 0 Å². The van der Waals surface area contributed by atoms with E-state index in [1.54, 1.807) is 7.11 Å². The lowest BCUT2D eigenvalue weighted by Crippen LogP contribution is -2.34. The minimum absolute atomic E-state index is 0.00605. The average Bonchev–Trinajstić information content (AvgIpc) is 2.57. The van der Waals surface area contributed by atoms with Gasteiger partial charge in [0.25, 0.3) is 0 Å². The van der Waals surface area contributed by atoms with Crippen LogP contribution in [0.3, 0.4) is 0 Å². The van der Waals surface area contributed by atoms with Crippen molar-refractivity contribution in [3.05, 3.63) is 65.2 Å². The highest BCUT2D eigenvalue weighted by atomic mass is 16.5. The maximum atomic E-state index is 11.8. The highest BCUT2D eigenvalue weighted by Gasteiger charge is 2.03. The Balaban J connectivity index is 1.67. The number of benzene rings is 2. The van der Waals surface area contributed by atoms with Crippen LogP contribution in [0.4, 0.5) is 0 Å². The first-order valence-corrected chi connectivity index (χ1v) is 7.84. The summed E-state index contributed by atoms with van der Waals surface area (Å²) in [4.78, 5) is 11.8. The van der Waals surface area contributed by atoms with E-state index in [4.69, 9.17) is 4.74 Å². The number of methoxy groups -OCH3 is 1. The number of ether oxygens (including phenoxy) is 1. The van der Waals surface area contributed by atoms with Crippen molar-refractivity contribution in [2.75, 3.05) is 20.2 Å². The van der Waals surface area contributed by atoms with Crippen LogP contribution in [0, 0.1) is 6.92 Å². The molecule has 0 bridgehead atoms. The molecule has 122 valence electrons. The number of rotatable bonds is 8. The predicted molar refractivity (Wildman–Crippen MR) is 92.6 cm³/mol. The second-order valence-corrected chi connectivity index (χ2v) is 5.50. The lowest BCUT2D eigenvalue weighted by Gasteiger charge is -2.09. The zero-order valence-corrected chi connectivity index (χ0v) is 13.8. The van der Waals surface area contributed by atoms with E-state index in [0.717, 1.165) is 29.8 Å². The van der Waals surface area contributed by atoms with E-state index in [-0.39, 0.29) is 5.91 Å². The molecule has 0 unspecified atom stereocenters. The van der Waals surface area contributed by atoms with Crippen molar-refractivity contribution in [1.82, 2.24) is 10.6 Å². The second kappa shape index (κ2) is 8.96. The highest BCUT2D eigenvalue weighted by Crippen LogP contribution is 2.17. The van der Waals surface area contributed by atoms with Crippen LogP contribution >= 0.6 is 0 Å². The van der Waals surface area contributed by atoms with Gasteiger partial charge >= 0.3 is 0 Å². The molecule has 0 radical (unpaired) electrons. The molecular formula is C19H24N2O2. The van der Waals surface area contributed by atoms with E-state index in [1.807, 2.05) is 49.4 Å². The zero-order chi connectivity index (χ0) is 16.5. The molecule has 0 aliphatic carbocycles. The summed E-state index contributed by atoms with van der Waals surface area (Å²) < 4.78 is 5.31. The minimum atomic E-state index is 0.00605. The van der Waals surface area contributed by atoms with Gasteiger partial charge in [0.15, 0.2) is 0 Å². The minimum Gasteiger partial charge on any atom is -0.496 e. The Labute approximate surface area is 137 Å². The van der Waals surface area contributed by atoms with Gasteiger partial charge in [0, 0.05) is 6.54 Å². The molecule has 1 amide bonds. The quantitative estimate of drug-likeness (QED) is 0.736. The molecule has 2 aromatic rings. The van der Waals surface area contributed by atoms with Gasteiger partial charge in [-0.3, -0.25) is 4.79 Å². The molecule has 4 heteroatoms. The molecule has 2 aromatic carbocycles. The first-order chi connectivity index (χ1) is 11.2. The van der Waals surface area contributed by atoms with E-state index >= 15 is 0 Å². The molecule has 2 rings (SSSR count). The average molecular weight is 312 g/mol. The number of amides is 1. The van der Waals surface area contributed by atoms with Gasteiger partial charge in [-0.1, -0.05) is 48.0 Å². The fraction of sp³-hybridized carbons (Fsp3) is 0.316. The van der Waals surface area contributed by atoms with Crippen molar-refractivity contribution < 1.29 is 9.53 Å². The van der Waals surface area contributed by atoms with Crippen molar-refractivity contribution in [1.29, 1.82) is 0 Å². The van der Waals surface area contributed by atoms with Crippen molar-refractivity contribution in [3.63, 3.8) is 0 Å². The third-order valence-corrected chi connectivity index (χ3v) is 3.62. The lowest BCUT2D eigenvalue weighted by atomic mass is 10.1.